The molecule has 0 spiro atoms. The Hall–Kier alpha value is -1.63. The highest BCUT2D eigenvalue weighted by atomic mass is 35.5. The molecule has 0 bridgehead atoms. The molecule has 0 amide bonds. The van der Waals surface area contributed by atoms with Crippen molar-refractivity contribution in [3.05, 3.63) is 35.4 Å². The Kier molecular flexibility index (Phi) is 3.25. The molecule has 18 heavy (non-hydrogen) atoms. The van der Waals surface area contributed by atoms with E-state index in [0.29, 0.717) is 12.1 Å². The minimum absolute atomic E-state index is 0.0207. The van der Waals surface area contributed by atoms with Crippen molar-refractivity contribution in [1.82, 2.24) is 10.1 Å². The van der Waals surface area contributed by atoms with Gasteiger partial charge in [-0.3, -0.25) is 0 Å². The largest absolute Gasteiger partial charge is 0.419 e. The van der Waals surface area contributed by atoms with E-state index in [9.17, 15) is 17.6 Å². The summed E-state index contributed by atoms with van der Waals surface area (Å²) in [5.41, 5.74) is -1.40. The van der Waals surface area contributed by atoms with Gasteiger partial charge in [-0.15, -0.1) is 11.6 Å². The second-order valence-electron chi connectivity index (χ2n) is 3.34. The van der Waals surface area contributed by atoms with Crippen LogP contribution in [0.3, 0.4) is 0 Å². The lowest BCUT2D eigenvalue weighted by Crippen LogP contribution is -2.08. The van der Waals surface area contributed by atoms with Crippen LogP contribution < -0.4 is 0 Å². The Morgan fingerprint density at radius 1 is 1.28 bits per heavy atom. The van der Waals surface area contributed by atoms with Crippen LogP contribution in [0.2, 0.25) is 0 Å². The van der Waals surface area contributed by atoms with Gasteiger partial charge in [0, 0.05) is 5.56 Å². The fourth-order valence-electron chi connectivity index (χ4n) is 1.30. The van der Waals surface area contributed by atoms with Crippen LogP contribution in [0, 0.1) is 5.82 Å². The van der Waals surface area contributed by atoms with Crippen molar-refractivity contribution in [3.63, 3.8) is 0 Å². The molecule has 2 aromatic rings. The molecule has 0 fully saturated rings. The van der Waals surface area contributed by atoms with E-state index in [1.54, 1.807) is 0 Å². The molecule has 0 aliphatic rings. The maximum absolute atomic E-state index is 13.0. The second-order valence-corrected chi connectivity index (χ2v) is 3.61. The summed E-state index contributed by atoms with van der Waals surface area (Å²) in [6.45, 7) is 0. The molecule has 0 atom stereocenters. The lowest BCUT2D eigenvalue weighted by Gasteiger charge is -2.08. The summed E-state index contributed by atoms with van der Waals surface area (Å²) in [6.07, 6.45) is -4.78. The first kappa shape index (κ1) is 12.8. The van der Waals surface area contributed by atoms with Crippen molar-refractivity contribution in [3.8, 4) is 11.5 Å². The summed E-state index contributed by atoms with van der Waals surface area (Å²) >= 11 is 5.43. The highest BCUT2D eigenvalue weighted by Crippen LogP contribution is 2.33. The fraction of sp³-hybridized carbons (Fsp3) is 0.200. The van der Waals surface area contributed by atoms with Gasteiger partial charge in [-0.05, 0) is 18.2 Å². The third kappa shape index (κ3) is 2.45. The molecule has 0 saturated heterocycles. The van der Waals surface area contributed by atoms with E-state index in [1.165, 1.54) is 0 Å². The SMILES string of the molecule is Fc1ccc(-c2nc(CCl)no2)cc1C(F)(F)F. The fourth-order valence-corrected chi connectivity index (χ4v) is 1.41. The Morgan fingerprint density at radius 2 is 2.00 bits per heavy atom. The summed E-state index contributed by atoms with van der Waals surface area (Å²) in [7, 11) is 0. The first-order chi connectivity index (χ1) is 8.41. The zero-order chi connectivity index (χ0) is 13.3. The molecule has 1 heterocycles. The summed E-state index contributed by atoms with van der Waals surface area (Å²) in [5.74, 6) is -1.39. The zero-order valence-electron chi connectivity index (χ0n) is 8.63. The summed E-state index contributed by atoms with van der Waals surface area (Å²) < 4.78 is 55.2. The maximum atomic E-state index is 13.0. The monoisotopic (exact) mass is 280 g/mol. The molecule has 96 valence electrons. The van der Waals surface area contributed by atoms with Crippen LogP contribution >= 0.6 is 11.6 Å². The van der Waals surface area contributed by atoms with Gasteiger partial charge >= 0.3 is 6.18 Å². The smallest absolute Gasteiger partial charge is 0.334 e. The Labute approximate surface area is 103 Å². The average molecular weight is 281 g/mol. The number of hydrogen-bond donors (Lipinski definition) is 0. The van der Waals surface area contributed by atoms with Crippen molar-refractivity contribution in [2.24, 2.45) is 0 Å². The standard InChI is InChI=1S/C10H5ClF4N2O/c11-4-8-16-9(18-17-8)5-1-2-7(12)6(3-5)10(13,14)15/h1-3H,4H2. The molecule has 0 radical (unpaired) electrons. The number of hydrogen-bond acceptors (Lipinski definition) is 3. The van der Waals surface area contributed by atoms with Gasteiger partial charge in [0.2, 0.25) is 0 Å². The molecule has 0 unspecified atom stereocenters. The number of nitrogens with zero attached hydrogens (tertiary/aromatic N) is 2. The number of benzene rings is 1. The predicted octanol–water partition coefficient (Wildman–Crippen LogP) is 3.63. The van der Waals surface area contributed by atoms with E-state index in [0.717, 1.165) is 6.07 Å². The minimum Gasteiger partial charge on any atom is -0.334 e. The van der Waals surface area contributed by atoms with Crippen molar-refractivity contribution in [2.45, 2.75) is 12.1 Å². The topological polar surface area (TPSA) is 38.9 Å². The third-order valence-corrected chi connectivity index (χ3v) is 2.35. The van der Waals surface area contributed by atoms with E-state index < -0.39 is 17.6 Å². The van der Waals surface area contributed by atoms with Gasteiger partial charge < -0.3 is 4.52 Å². The van der Waals surface area contributed by atoms with Crippen LogP contribution in [0.1, 0.15) is 11.4 Å². The van der Waals surface area contributed by atoms with Gasteiger partial charge in [0.25, 0.3) is 5.89 Å². The Balaban J connectivity index is 2.47. The van der Waals surface area contributed by atoms with Crippen LogP contribution in [0.5, 0.6) is 0 Å². The molecule has 2 rings (SSSR count). The molecule has 1 aromatic heterocycles. The summed E-state index contributed by atoms with van der Waals surface area (Å²) in [4.78, 5) is 3.75. The van der Waals surface area contributed by atoms with Gasteiger partial charge in [-0.2, -0.15) is 18.2 Å². The van der Waals surface area contributed by atoms with Crippen molar-refractivity contribution >= 4 is 11.6 Å². The Bertz CT molecular complexity index is 567. The first-order valence-corrected chi connectivity index (χ1v) is 5.21. The molecule has 0 aliphatic carbocycles. The van der Waals surface area contributed by atoms with Crippen LogP contribution in [-0.4, -0.2) is 10.1 Å². The molecule has 0 saturated carbocycles. The summed E-state index contributed by atoms with van der Waals surface area (Å²) in [5, 5.41) is 3.43. The molecule has 0 N–H and O–H groups in total. The van der Waals surface area contributed by atoms with Crippen molar-refractivity contribution in [1.29, 1.82) is 0 Å². The van der Waals surface area contributed by atoms with Crippen molar-refractivity contribution < 1.29 is 22.1 Å². The molecule has 1 aromatic carbocycles. The number of aromatic nitrogens is 2. The van der Waals surface area contributed by atoms with Crippen LogP contribution in [0.15, 0.2) is 22.7 Å². The van der Waals surface area contributed by atoms with E-state index in [1.807, 2.05) is 0 Å². The molecular weight excluding hydrogens is 276 g/mol. The third-order valence-electron chi connectivity index (χ3n) is 2.11. The van der Waals surface area contributed by atoms with Crippen LogP contribution in [-0.2, 0) is 12.1 Å². The van der Waals surface area contributed by atoms with Crippen LogP contribution in [0.4, 0.5) is 17.6 Å². The lowest BCUT2D eigenvalue weighted by atomic mass is 10.1. The van der Waals surface area contributed by atoms with Gasteiger partial charge in [-0.1, -0.05) is 5.16 Å². The number of alkyl halides is 4. The molecule has 3 nitrogen and oxygen atoms in total. The van der Waals surface area contributed by atoms with E-state index in [2.05, 4.69) is 10.1 Å². The highest BCUT2D eigenvalue weighted by molar-refractivity contribution is 6.16. The lowest BCUT2D eigenvalue weighted by molar-refractivity contribution is -0.139. The molecule has 8 heteroatoms. The maximum Gasteiger partial charge on any atom is 0.419 e. The zero-order valence-corrected chi connectivity index (χ0v) is 9.39. The predicted molar refractivity (Wildman–Crippen MR) is 54.3 cm³/mol. The van der Waals surface area contributed by atoms with E-state index >= 15 is 0 Å². The second kappa shape index (κ2) is 4.56. The Morgan fingerprint density at radius 3 is 2.56 bits per heavy atom. The first-order valence-electron chi connectivity index (χ1n) is 4.67. The number of halogens is 5. The van der Waals surface area contributed by atoms with E-state index in [4.69, 9.17) is 16.1 Å². The molecular formula is C10H5ClF4N2O. The number of rotatable bonds is 2. The quantitative estimate of drug-likeness (QED) is 0.623. The van der Waals surface area contributed by atoms with Crippen molar-refractivity contribution in [2.75, 3.05) is 0 Å². The summed E-state index contributed by atoms with van der Waals surface area (Å²) in [6, 6.07) is 2.43. The minimum atomic E-state index is -4.78. The highest BCUT2D eigenvalue weighted by Gasteiger charge is 2.34. The molecule has 0 aliphatic heterocycles. The van der Waals surface area contributed by atoms with E-state index in [-0.39, 0.29) is 23.2 Å². The van der Waals surface area contributed by atoms with Gasteiger partial charge in [0.05, 0.1) is 11.4 Å². The van der Waals surface area contributed by atoms with Crippen LogP contribution in [0.25, 0.3) is 11.5 Å². The average Bonchev–Trinajstić information content (AvgIpc) is 2.76. The van der Waals surface area contributed by atoms with Gasteiger partial charge in [0.15, 0.2) is 5.82 Å². The van der Waals surface area contributed by atoms with Gasteiger partial charge in [0.1, 0.15) is 5.82 Å². The van der Waals surface area contributed by atoms with Gasteiger partial charge in [-0.25, -0.2) is 4.39 Å². The normalized spacial score (nSPS) is 11.8.